The van der Waals surface area contributed by atoms with Crippen LogP contribution in [0.1, 0.15) is 31.9 Å². The fourth-order valence-electron chi connectivity index (χ4n) is 3.36. The van der Waals surface area contributed by atoms with Crippen molar-refractivity contribution in [2.45, 2.75) is 39.7 Å². The molecule has 0 spiro atoms. The molecule has 0 saturated heterocycles. The number of fused-ring (bicyclic) bond motifs is 1. The zero-order valence-corrected chi connectivity index (χ0v) is 18.1. The van der Waals surface area contributed by atoms with Gasteiger partial charge in [-0.1, -0.05) is 23.8 Å². The minimum Gasteiger partial charge on any atom is -0.507 e. The van der Waals surface area contributed by atoms with Crippen LogP contribution in [-0.4, -0.2) is 31.6 Å². The Morgan fingerprint density at radius 1 is 1.03 bits per heavy atom. The third kappa shape index (κ3) is 4.48. The average Bonchev–Trinajstić information content (AvgIpc) is 2.69. The summed E-state index contributed by atoms with van der Waals surface area (Å²) < 4.78 is 5.93. The number of aliphatic hydroxyl groups is 1. The lowest BCUT2D eigenvalue weighted by molar-refractivity contribution is 0.210. The predicted molar refractivity (Wildman–Crippen MR) is 122 cm³/mol. The highest BCUT2D eigenvalue weighted by molar-refractivity contribution is 5.89. The highest BCUT2D eigenvalue weighted by Gasteiger charge is 2.20. The summed E-state index contributed by atoms with van der Waals surface area (Å²) in [5.74, 6) is -1.40. The summed E-state index contributed by atoms with van der Waals surface area (Å²) in [5.41, 5.74) is 1.82. The fraction of sp³-hybridized carbons (Fsp3) is 0.240. The molecular weight excluding hydrogens is 412 g/mol. The maximum atomic E-state index is 12.8. The van der Waals surface area contributed by atoms with Gasteiger partial charge in [0, 0.05) is 35.2 Å². The van der Waals surface area contributed by atoms with E-state index in [4.69, 9.17) is 4.42 Å². The molecule has 0 aliphatic heterocycles. The fourth-order valence-corrected chi connectivity index (χ4v) is 3.36. The van der Waals surface area contributed by atoms with E-state index < -0.39 is 28.8 Å². The Hall–Kier alpha value is -3.71. The third-order valence-corrected chi connectivity index (χ3v) is 5.21. The van der Waals surface area contributed by atoms with Crippen LogP contribution in [0.2, 0.25) is 0 Å². The number of allylic oxidation sites excluding steroid dienone is 2. The van der Waals surface area contributed by atoms with E-state index >= 15 is 0 Å². The first-order chi connectivity index (χ1) is 15.0. The van der Waals surface area contributed by atoms with E-state index in [9.17, 15) is 30.3 Å². The van der Waals surface area contributed by atoms with Gasteiger partial charge in [-0.2, -0.15) is 0 Å². The average molecular weight is 438 g/mol. The molecule has 1 aromatic heterocycles. The molecule has 0 saturated carbocycles. The van der Waals surface area contributed by atoms with Gasteiger partial charge in [0.1, 0.15) is 28.2 Å². The van der Waals surface area contributed by atoms with Crippen molar-refractivity contribution < 1.29 is 29.9 Å². The van der Waals surface area contributed by atoms with Crippen LogP contribution in [0.3, 0.4) is 0 Å². The predicted octanol–water partition coefficient (Wildman–Crippen LogP) is 4.27. The Morgan fingerprint density at radius 3 is 2.34 bits per heavy atom. The highest BCUT2D eigenvalue weighted by Crippen LogP contribution is 2.39. The van der Waals surface area contributed by atoms with Crippen molar-refractivity contribution in [3.63, 3.8) is 0 Å². The van der Waals surface area contributed by atoms with Gasteiger partial charge < -0.3 is 29.9 Å². The number of rotatable bonds is 6. The summed E-state index contributed by atoms with van der Waals surface area (Å²) in [6.07, 6.45) is 1.17. The Bertz CT molecular complexity index is 1290. The monoisotopic (exact) mass is 438 g/mol. The molecule has 0 aliphatic carbocycles. The van der Waals surface area contributed by atoms with Crippen LogP contribution in [0.5, 0.6) is 23.0 Å². The largest absolute Gasteiger partial charge is 0.507 e. The molecule has 32 heavy (non-hydrogen) atoms. The summed E-state index contributed by atoms with van der Waals surface area (Å²) in [6.45, 7) is 9.10. The minimum absolute atomic E-state index is 0.00617. The topological polar surface area (TPSA) is 131 Å². The van der Waals surface area contributed by atoms with Crippen molar-refractivity contribution in [1.29, 1.82) is 0 Å². The molecule has 1 atom stereocenters. The van der Waals surface area contributed by atoms with Crippen LogP contribution in [-0.2, 0) is 12.8 Å². The van der Waals surface area contributed by atoms with E-state index in [-0.39, 0.29) is 46.4 Å². The van der Waals surface area contributed by atoms with Crippen molar-refractivity contribution in [3.8, 4) is 34.3 Å². The Labute approximate surface area is 184 Å². The van der Waals surface area contributed by atoms with Crippen molar-refractivity contribution in [1.82, 2.24) is 0 Å². The first kappa shape index (κ1) is 23.0. The summed E-state index contributed by atoms with van der Waals surface area (Å²) in [7, 11) is 0. The zero-order valence-electron chi connectivity index (χ0n) is 18.1. The molecule has 0 aliphatic rings. The Kier molecular flexibility index (Phi) is 6.32. The van der Waals surface area contributed by atoms with Gasteiger partial charge in [0.05, 0.1) is 6.10 Å². The molecule has 2 aromatic carbocycles. The molecule has 1 heterocycles. The standard InChI is InChI=1S/C25H26O7/c1-12(2)5-6-16-18(27)10-19(28)23-20(29)11-22(32-25(16)23)14-7-15(9-17(26)13(3)4)24(31)21(30)8-14/h5,7-8,10-11,17,26-28,30-31H,3,6,9H2,1-2,4H3/t17-/m1/s1. The van der Waals surface area contributed by atoms with Crippen LogP contribution < -0.4 is 5.43 Å². The van der Waals surface area contributed by atoms with E-state index in [0.717, 1.165) is 17.7 Å². The van der Waals surface area contributed by atoms with Crippen LogP contribution in [0.25, 0.3) is 22.3 Å². The molecule has 3 rings (SSSR count). The molecule has 0 amide bonds. The van der Waals surface area contributed by atoms with Crippen LogP contribution >= 0.6 is 0 Å². The summed E-state index contributed by atoms with van der Waals surface area (Å²) in [4.78, 5) is 12.8. The number of aliphatic hydroxyl groups excluding tert-OH is 1. The van der Waals surface area contributed by atoms with Crippen molar-refractivity contribution in [2.75, 3.05) is 0 Å². The van der Waals surface area contributed by atoms with Crippen LogP contribution in [0.15, 0.2) is 57.3 Å². The number of hydrogen-bond donors (Lipinski definition) is 5. The van der Waals surface area contributed by atoms with Gasteiger partial charge in [-0.3, -0.25) is 4.79 Å². The highest BCUT2D eigenvalue weighted by atomic mass is 16.3. The number of benzene rings is 2. The van der Waals surface area contributed by atoms with Crippen molar-refractivity contribution in [3.05, 3.63) is 69.4 Å². The van der Waals surface area contributed by atoms with Crippen molar-refractivity contribution >= 4 is 11.0 Å². The molecule has 0 fully saturated rings. The Morgan fingerprint density at radius 2 is 1.72 bits per heavy atom. The molecule has 0 unspecified atom stereocenters. The number of hydrogen-bond acceptors (Lipinski definition) is 7. The van der Waals surface area contributed by atoms with Crippen LogP contribution in [0, 0.1) is 0 Å². The Balaban J connectivity index is 2.25. The second-order valence-electron chi connectivity index (χ2n) is 8.13. The van der Waals surface area contributed by atoms with Crippen LogP contribution in [0.4, 0.5) is 0 Å². The van der Waals surface area contributed by atoms with Gasteiger partial charge in [-0.05, 0) is 39.3 Å². The van der Waals surface area contributed by atoms with Gasteiger partial charge >= 0.3 is 0 Å². The molecule has 168 valence electrons. The second kappa shape index (κ2) is 8.80. The minimum atomic E-state index is -0.941. The van der Waals surface area contributed by atoms with Crippen molar-refractivity contribution in [2.24, 2.45) is 0 Å². The summed E-state index contributed by atoms with van der Waals surface area (Å²) >= 11 is 0. The quantitative estimate of drug-likeness (QED) is 0.287. The molecule has 7 heteroatoms. The first-order valence-electron chi connectivity index (χ1n) is 10.0. The maximum absolute atomic E-state index is 12.8. The third-order valence-electron chi connectivity index (χ3n) is 5.21. The van der Waals surface area contributed by atoms with Gasteiger partial charge in [0.25, 0.3) is 0 Å². The van der Waals surface area contributed by atoms with Gasteiger partial charge in [0.2, 0.25) is 0 Å². The maximum Gasteiger partial charge on any atom is 0.197 e. The van der Waals surface area contributed by atoms with E-state index in [0.29, 0.717) is 11.1 Å². The molecule has 7 nitrogen and oxygen atoms in total. The van der Waals surface area contributed by atoms with E-state index in [2.05, 4.69) is 6.58 Å². The number of phenolic OH excluding ortho intramolecular Hbond substituents is 4. The first-order valence-corrected chi connectivity index (χ1v) is 10.0. The SMILES string of the molecule is C=C(C)[C@H](O)Cc1cc(-c2cc(=O)c3c(O)cc(O)c(CC=C(C)C)c3o2)cc(O)c1O. The molecule has 5 N–H and O–H groups in total. The second-order valence-corrected chi connectivity index (χ2v) is 8.13. The summed E-state index contributed by atoms with van der Waals surface area (Å²) in [6, 6.07) is 4.99. The van der Waals surface area contributed by atoms with E-state index in [1.165, 1.54) is 12.1 Å². The molecular formula is C25H26O7. The summed E-state index contributed by atoms with van der Waals surface area (Å²) in [5, 5.41) is 51.1. The zero-order chi connectivity index (χ0) is 23.7. The number of aromatic hydroxyl groups is 4. The number of phenols is 4. The molecule has 0 radical (unpaired) electrons. The van der Waals surface area contributed by atoms with Gasteiger partial charge in [-0.15, -0.1) is 0 Å². The smallest absolute Gasteiger partial charge is 0.197 e. The lowest BCUT2D eigenvalue weighted by Gasteiger charge is -2.14. The van der Waals surface area contributed by atoms with Gasteiger partial charge in [0.15, 0.2) is 16.9 Å². The van der Waals surface area contributed by atoms with E-state index in [1.54, 1.807) is 6.92 Å². The molecule has 0 bridgehead atoms. The van der Waals surface area contributed by atoms with Gasteiger partial charge in [-0.25, -0.2) is 0 Å². The lowest BCUT2D eigenvalue weighted by Crippen LogP contribution is -2.11. The normalized spacial score (nSPS) is 12.0. The molecule has 3 aromatic rings. The lowest BCUT2D eigenvalue weighted by atomic mass is 9.98. The van der Waals surface area contributed by atoms with E-state index in [1.807, 2.05) is 19.9 Å².